The highest BCUT2D eigenvalue weighted by atomic mass is 35.5. The minimum atomic E-state index is -0.0438. The van der Waals surface area contributed by atoms with Gasteiger partial charge >= 0.3 is 0 Å². The van der Waals surface area contributed by atoms with Gasteiger partial charge in [0.2, 0.25) is 0 Å². The Bertz CT molecular complexity index is 631. The number of hydrogen-bond donors (Lipinski definition) is 2. The zero-order valence-corrected chi connectivity index (χ0v) is 13.5. The maximum atomic E-state index is 6.02. The molecule has 0 saturated carbocycles. The highest BCUT2D eigenvalue weighted by Crippen LogP contribution is 2.30. The van der Waals surface area contributed by atoms with E-state index >= 15 is 0 Å². The summed E-state index contributed by atoms with van der Waals surface area (Å²) in [7, 11) is 1.60. The Morgan fingerprint density at radius 2 is 1.90 bits per heavy atom. The van der Waals surface area contributed by atoms with Crippen LogP contribution in [0.1, 0.15) is 0 Å². The highest BCUT2D eigenvalue weighted by Gasteiger charge is 2.05. The van der Waals surface area contributed by atoms with Crippen molar-refractivity contribution < 1.29 is 4.74 Å². The van der Waals surface area contributed by atoms with E-state index in [2.05, 4.69) is 9.98 Å². The molecule has 114 valence electrons. The molecule has 1 heterocycles. The SMILES string of the molecule is COc1ccnc(-c2ccc(Cl)c(N=C(N)N)c2)c1.Cl.Cl. The van der Waals surface area contributed by atoms with E-state index in [-0.39, 0.29) is 30.8 Å². The second-order valence-corrected chi connectivity index (χ2v) is 4.19. The number of rotatable bonds is 3. The molecule has 0 aliphatic carbocycles. The number of methoxy groups -OCH3 is 1. The van der Waals surface area contributed by atoms with E-state index in [0.29, 0.717) is 10.7 Å². The molecule has 0 spiro atoms. The minimum absolute atomic E-state index is 0. The molecular formula is C13H15Cl3N4O. The second-order valence-electron chi connectivity index (χ2n) is 3.78. The monoisotopic (exact) mass is 348 g/mol. The molecule has 0 amide bonds. The number of aromatic nitrogens is 1. The Morgan fingerprint density at radius 3 is 2.52 bits per heavy atom. The predicted octanol–water partition coefficient (Wildman–Crippen LogP) is 3.16. The first-order valence-electron chi connectivity index (χ1n) is 5.50. The summed E-state index contributed by atoms with van der Waals surface area (Å²) in [5, 5.41) is 0.472. The van der Waals surface area contributed by atoms with E-state index in [1.54, 1.807) is 31.5 Å². The molecule has 1 aromatic carbocycles. The van der Waals surface area contributed by atoms with Crippen molar-refractivity contribution in [3.8, 4) is 17.0 Å². The number of benzene rings is 1. The number of hydrogen-bond acceptors (Lipinski definition) is 3. The molecule has 0 saturated heterocycles. The lowest BCUT2D eigenvalue weighted by molar-refractivity contribution is 0.414. The Morgan fingerprint density at radius 1 is 1.19 bits per heavy atom. The molecule has 2 rings (SSSR count). The van der Waals surface area contributed by atoms with Gasteiger partial charge in [-0.2, -0.15) is 0 Å². The molecule has 0 bridgehead atoms. The van der Waals surface area contributed by atoms with Gasteiger partial charge in [-0.25, -0.2) is 4.99 Å². The zero-order chi connectivity index (χ0) is 13.8. The van der Waals surface area contributed by atoms with E-state index in [1.165, 1.54) is 0 Å². The van der Waals surface area contributed by atoms with Gasteiger partial charge in [0.05, 0.1) is 23.5 Å². The van der Waals surface area contributed by atoms with Gasteiger partial charge in [0.15, 0.2) is 5.96 Å². The Labute approximate surface area is 140 Å². The predicted molar refractivity (Wildman–Crippen MR) is 91.2 cm³/mol. The van der Waals surface area contributed by atoms with E-state index in [0.717, 1.165) is 17.0 Å². The van der Waals surface area contributed by atoms with E-state index in [9.17, 15) is 0 Å². The molecule has 0 aliphatic heterocycles. The average Bonchev–Trinajstić information content (AvgIpc) is 2.41. The molecule has 21 heavy (non-hydrogen) atoms. The Hall–Kier alpha value is -1.69. The normalized spacial score (nSPS) is 9.05. The van der Waals surface area contributed by atoms with Crippen LogP contribution in [0.3, 0.4) is 0 Å². The minimum Gasteiger partial charge on any atom is -0.497 e. The van der Waals surface area contributed by atoms with Crippen LogP contribution in [0.15, 0.2) is 41.5 Å². The molecule has 5 nitrogen and oxygen atoms in total. The lowest BCUT2D eigenvalue weighted by Gasteiger charge is -2.06. The quantitative estimate of drug-likeness (QED) is 0.658. The maximum Gasteiger partial charge on any atom is 0.191 e. The third-order valence-electron chi connectivity index (χ3n) is 2.46. The van der Waals surface area contributed by atoms with Crippen LogP contribution in [-0.4, -0.2) is 18.1 Å². The number of aliphatic imine (C=N–C) groups is 1. The number of nitrogens with zero attached hydrogens (tertiary/aromatic N) is 2. The third-order valence-corrected chi connectivity index (χ3v) is 2.78. The van der Waals surface area contributed by atoms with Crippen molar-refractivity contribution in [1.82, 2.24) is 4.98 Å². The fraction of sp³-hybridized carbons (Fsp3) is 0.0769. The van der Waals surface area contributed by atoms with Gasteiger partial charge in [0, 0.05) is 17.8 Å². The van der Waals surface area contributed by atoms with Crippen LogP contribution in [0, 0.1) is 0 Å². The number of ether oxygens (including phenoxy) is 1. The molecule has 0 aliphatic rings. The first-order chi connectivity index (χ1) is 9.10. The van der Waals surface area contributed by atoms with Crippen molar-refractivity contribution in [3.05, 3.63) is 41.6 Å². The molecule has 1 aromatic heterocycles. The Kier molecular flexibility index (Phi) is 7.88. The van der Waals surface area contributed by atoms with Crippen LogP contribution < -0.4 is 16.2 Å². The lowest BCUT2D eigenvalue weighted by Crippen LogP contribution is -2.21. The van der Waals surface area contributed by atoms with Gasteiger partial charge < -0.3 is 16.2 Å². The number of halogens is 3. The summed E-state index contributed by atoms with van der Waals surface area (Å²) in [5.74, 6) is 0.681. The molecule has 4 N–H and O–H groups in total. The smallest absolute Gasteiger partial charge is 0.191 e. The van der Waals surface area contributed by atoms with Crippen molar-refractivity contribution >= 4 is 48.1 Å². The summed E-state index contributed by atoms with van der Waals surface area (Å²) in [6.07, 6.45) is 1.67. The number of guanidine groups is 1. The van der Waals surface area contributed by atoms with Crippen LogP contribution >= 0.6 is 36.4 Å². The van der Waals surface area contributed by atoms with E-state index < -0.39 is 0 Å². The fourth-order valence-corrected chi connectivity index (χ4v) is 1.75. The van der Waals surface area contributed by atoms with Crippen molar-refractivity contribution in [3.63, 3.8) is 0 Å². The Balaban J connectivity index is 0.00000200. The first-order valence-corrected chi connectivity index (χ1v) is 5.87. The van der Waals surface area contributed by atoms with Crippen LogP contribution in [0.4, 0.5) is 5.69 Å². The van der Waals surface area contributed by atoms with Gasteiger partial charge in [-0.1, -0.05) is 17.7 Å². The topological polar surface area (TPSA) is 86.5 Å². The number of pyridine rings is 1. The van der Waals surface area contributed by atoms with Gasteiger partial charge in [0.25, 0.3) is 0 Å². The maximum absolute atomic E-state index is 6.02. The van der Waals surface area contributed by atoms with Crippen LogP contribution in [0.5, 0.6) is 5.75 Å². The average molecular weight is 350 g/mol. The molecule has 8 heteroatoms. The standard InChI is InChI=1S/C13H13ClN4O.2ClH/c1-19-9-4-5-17-11(7-9)8-2-3-10(14)12(6-8)18-13(15)16;;/h2-7H,1H3,(H4,15,16,18);2*1H. The van der Waals surface area contributed by atoms with Gasteiger partial charge in [-0.05, 0) is 18.2 Å². The largest absolute Gasteiger partial charge is 0.497 e. The van der Waals surface area contributed by atoms with Gasteiger partial charge in [-0.15, -0.1) is 24.8 Å². The van der Waals surface area contributed by atoms with E-state index in [1.807, 2.05) is 12.1 Å². The van der Waals surface area contributed by atoms with Crippen molar-refractivity contribution in [2.75, 3.05) is 7.11 Å². The third kappa shape index (κ3) is 4.97. The zero-order valence-electron chi connectivity index (χ0n) is 11.1. The van der Waals surface area contributed by atoms with E-state index in [4.69, 9.17) is 27.8 Å². The summed E-state index contributed by atoms with van der Waals surface area (Å²) in [6.45, 7) is 0. The molecule has 2 aromatic rings. The molecule has 0 radical (unpaired) electrons. The number of nitrogens with two attached hydrogens (primary N) is 2. The van der Waals surface area contributed by atoms with Crippen molar-refractivity contribution in [1.29, 1.82) is 0 Å². The second kappa shape index (κ2) is 8.56. The summed E-state index contributed by atoms with van der Waals surface area (Å²) in [6, 6.07) is 8.93. The van der Waals surface area contributed by atoms with Crippen LogP contribution in [0.25, 0.3) is 11.3 Å². The van der Waals surface area contributed by atoms with Crippen LogP contribution in [0.2, 0.25) is 5.02 Å². The fourth-order valence-electron chi connectivity index (χ4n) is 1.59. The first kappa shape index (κ1) is 19.3. The van der Waals surface area contributed by atoms with Crippen LogP contribution in [-0.2, 0) is 0 Å². The molecular weight excluding hydrogens is 335 g/mol. The lowest BCUT2D eigenvalue weighted by atomic mass is 10.1. The summed E-state index contributed by atoms with van der Waals surface area (Å²) >= 11 is 6.02. The molecule has 0 fully saturated rings. The van der Waals surface area contributed by atoms with Crippen molar-refractivity contribution in [2.45, 2.75) is 0 Å². The van der Waals surface area contributed by atoms with Gasteiger partial charge in [-0.3, -0.25) is 4.98 Å². The summed E-state index contributed by atoms with van der Waals surface area (Å²) in [4.78, 5) is 8.24. The van der Waals surface area contributed by atoms with Crippen molar-refractivity contribution in [2.24, 2.45) is 16.5 Å². The molecule has 0 atom stereocenters. The summed E-state index contributed by atoms with van der Waals surface area (Å²) in [5.41, 5.74) is 12.8. The summed E-state index contributed by atoms with van der Waals surface area (Å²) < 4.78 is 5.16. The molecule has 0 unspecified atom stereocenters. The highest BCUT2D eigenvalue weighted by molar-refractivity contribution is 6.33. The van der Waals surface area contributed by atoms with Gasteiger partial charge in [0.1, 0.15) is 5.75 Å².